The summed E-state index contributed by atoms with van der Waals surface area (Å²) in [7, 11) is 0. The van der Waals surface area contributed by atoms with Gasteiger partial charge in [-0.05, 0) is 36.8 Å². The lowest BCUT2D eigenvalue weighted by Crippen LogP contribution is -2.38. The molecule has 1 saturated heterocycles. The lowest BCUT2D eigenvalue weighted by molar-refractivity contribution is 0.309. The average molecular weight is 231 g/mol. The molecule has 0 unspecified atom stereocenters. The Morgan fingerprint density at radius 2 is 1.88 bits per heavy atom. The Bertz CT molecular complexity index is 359. The molecule has 1 saturated carbocycles. The molecule has 0 aromatic heterocycles. The van der Waals surface area contributed by atoms with Crippen molar-refractivity contribution in [2.45, 2.75) is 45.4 Å². The van der Waals surface area contributed by atoms with Crippen molar-refractivity contribution in [1.82, 2.24) is 5.32 Å². The van der Waals surface area contributed by atoms with Gasteiger partial charge in [-0.25, -0.2) is 0 Å². The van der Waals surface area contributed by atoms with Crippen LogP contribution in [0.5, 0.6) is 0 Å². The van der Waals surface area contributed by atoms with E-state index in [4.69, 9.17) is 0 Å². The minimum absolute atomic E-state index is 0.473. The highest BCUT2D eigenvalue weighted by Gasteiger charge is 2.66. The monoisotopic (exact) mass is 231 g/mol. The molecule has 2 atom stereocenters. The molecular weight excluding hydrogens is 206 g/mol. The van der Waals surface area contributed by atoms with Crippen LogP contribution in [0, 0.1) is 5.41 Å². The van der Waals surface area contributed by atoms with E-state index in [-0.39, 0.29) is 0 Å². The summed E-state index contributed by atoms with van der Waals surface area (Å²) < 4.78 is 0. The number of hydrogen-bond donors (Lipinski definition) is 1. The highest BCUT2D eigenvalue weighted by atomic mass is 15.0. The molecule has 3 rings (SSSR count). The smallest absolute Gasteiger partial charge is 0.0140 e. The van der Waals surface area contributed by atoms with Crippen LogP contribution in [0.15, 0.2) is 30.3 Å². The molecule has 17 heavy (non-hydrogen) atoms. The van der Waals surface area contributed by atoms with E-state index in [0.717, 1.165) is 0 Å². The van der Waals surface area contributed by atoms with Crippen LogP contribution in [-0.4, -0.2) is 13.1 Å². The van der Waals surface area contributed by atoms with Gasteiger partial charge in [0.15, 0.2) is 0 Å². The van der Waals surface area contributed by atoms with Crippen LogP contribution < -0.4 is 5.32 Å². The maximum absolute atomic E-state index is 3.57. The van der Waals surface area contributed by atoms with Gasteiger partial charge in [-0.15, -0.1) is 0 Å². The van der Waals surface area contributed by atoms with Crippen LogP contribution in [0.4, 0.5) is 0 Å². The first-order chi connectivity index (χ1) is 8.33. The van der Waals surface area contributed by atoms with Gasteiger partial charge in [-0.2, -0.15) is 0 Å². The van der Waals surface area contributed by atoms with Crippen molar-refractivity contribution in [3.8, 4) is 0 Å². The van der Waals surface area contributed by atoms with Crippen molar-refractivity contribution in [1.29, 1.82) is 0 Å². The maximum atomic E-state index is 3.57. The second-order valence-electron chi connectivity index (χ2n) is 5.19. The first kappa shape index (κ1) is 12.6. The fraction of sp³-hybridized carbons (Fsp3) is 0.625. The number of nitrogens with one attached hydrogen (secondary N) is 1. The molecule has 0 amide bonds. The molecule has 1 aromatic carbocycles. The molecule has 0 spiro atoms. The quantitative estimate of drug-likeness (QED) is 0.817. The number of piperidine rings is 1. The van der Waals surface area contributed by atoms with Crippen LogP contribution in [0.3, 0.4) is 0 Å². The first-order valence-electron chi connectivity index (χ1n) is 7.09. The highest BCUT2D eigenvalue weighted by molar-refractivity contribution is 5.39. The van der Waals surface area contributed by atoms with Gasteiger partial charge in [0.05, 0.1) is 0 Å². The standard InChI is InChI=1S/C14H19N.C2H6/c1-2-13-8-9-15-11-14(13,10-13)12-6-4-3-5-7-12;1-2/h3-7,15H,2,8-11H2,1H3;1-2H3/t13-,14-;/m0./s1. The van der Waals surface area contributed by atoms with Crippen LogP contribution in [0.2, 0.25) is 0 Å². The normalized spacial score (nSPS) is 34.3. The molecule has 2 aliphatic rings. The number of hydrogen-bond acceptors (Lipinski definition) is 1. The van der Waals surface area contributed by atoms with Crippen molar-refractivity contribution >= 4 is 0 Å². The average Bonchev–Trinajstić information content (AvgIpc) is 3.13. The van der Waals surface area contributed by atoms with Crippen LogP contribution in [0.1, 0.15) is 45.6 Å². The Kier molecular flexibility index (Phi) is 3.58. The fourth-order valence-corrected chi connectivity index (χ4v) is 3.65. The Labute approximate surface area is 106 Å². The number of rotatable bonds is 2. The van der Waals surface area contributed by atoms with E-state index < -0.39 is 0 Å². The lowest BCUT2D eigenvalue weighted by atomic mass is 9.80. The topological polar surface area (TPSA) is 12.0 Å². The number of fused-ring (bicyclic) bond motifs is 1. The summed E-state index contributed by atoms with van der Waals surface area (Å²) in [6, 6.07) is 11.1. The summed E-state index contributed by atoms with van der Waals surface area (Å²) in [5, 5.41) is 3.57. The zero-order valence-electron chi connectivity index (χ0n) is 11.4. The summed E-state index contributed by atoms with van der Waals surface area (Å²) in [6.07, 6.45) is 4.09. The van der Waals surface area contributed by atoms with Crippen LogP contribution in [-0.2, 0) is 5.41 Å². The molecule has 1 N–H and O–H groups in total. The summed E-state index contributed by atoms with van der Waals surface area (Å²) in [5.74, 6) is 0. The Morgan fingerprint density at radius 1 is 1.18 bits per heavy atom. The fourth-order valence-electron chi connectivity index (χ4n) is 3.65. The molecular formula is C16H25N. The van der Waals surface area contributed by atoms with Crippen molar-refractivity contribution in [3.63, 3.8) is 0 Å². The van der Waals surface area contributed by atoms with Crippen LogP contribution in [0.25, 0.3) is 0 Å². The van der Waals surface area contributed by atoms with Crippen molar-refractivity contribution in [3.05, 3.63) is 35.9 Å². The van der Waals surface area contributed by atoms with Crippen molar-refractivity contribution in [2.24, 2.45) is 5.41 Å². The minimum atomic E-state index is 0.473. The van der Waals surface area contributed by atoms with E-state index in [1.165, 1.54) is 32.4 Å². The molecule has 1 heterocycles. The van der Waals surface area contributed by atoms with Crippen LogP contribution >= 0.6 is 0 Å². The van der Waals surface area contributed by atoms with E-state index in [2.05, 4.69) is 42.6 Å². The Hall–Kier alpha value is -0.820. The predicted molar refractivity (Wildman–Crippen MR) is 74.3 cm³/mol. The van der Waals surface area contributed by atoms with Gasteiger partial charge in [-0.3, -0.25) is 0 Å². The highest BCUT2D eigenvalue weighted by Crippen LogP contribution is 2.69. The Balaban J connectivity index is 0.000000514. The van der Waals surface area contributed by atoms with Gasteiger partial charge in [-0.1, -0.05) is 51.1 Å². The molecule has 1 heteroatoms. The van der Waals surface area contributed by atoms with E-state index in [1.807, 2.05) is 13.8 Å². The minimum Gasteiger partial charge on any atom is -0.316 e. The van der Waals surface area contributed by atoms with E-state index >= 15 is 0 Å². The third-order valence-corrected chi connectivity index (χ3v) is 4.74. The zero-order valence-corrected chi connectivity index (χ0v) is 11.4. The summed E-state index contributed by atoms with van der Waals surface area (Å²) in [6.45, 7) is 8.75. The van der Waals surface area contributed by atoms with E-state index in [1.54, 1.807) is 5.56 Å². The van der Waals surface area contributed by atoms with Gasteiger partial charge < -0.3 is 5.32 Å². The largest absolute Gasteiger partial charge is 0.316 e. The second kappa shape index (κ2) is 4.81. The molecule has 1 aliphatic heterocycles. The summed E-state index contributed by atoms with van der Waals surface area (Å²) in [5.41, 5.74) is 2.65. The maximum Gasteiger partial charge on any atom is 0.0140 e. The van der Waals surface area contributed by atoms with Crippen molar-refractivity contribution in [2.75, 3.05) is 13.1 Å². The number of benzene rings is 1. The molecule has 1 aromatic rings. The van der Waals surface area contributed by atoms with Gasteiger partial charge in [0.2, 0.25) is 0 Å². The molecule has 94 valence electrons. The van der Waals surface area contributed by atoms with Gasteiger partial charge in [0, 0.05) is 12.0 Å². The predicted octanol–water partition coefficient (Wildman–Crippen LogP) is 3.74. The molecule has 1 nitrogen and oxygen atoms in total. The van der Waals surface area contributed by atoms with E-state index in [9.17, 15) is 0 Å². The molecule has 2 fully saturated rings. The molecule has 0 bridgehead atoms. The van der Waals surface area contributed by atoms with Gasteiger partial charge in [0.25, 0.3) is 0 Å². The SMILES string of the molecule is CC.CC[C@@]12CCNC[C@]1(c1ccccc1)C2. The Morgan fingerprint density at radius 3 is 2.53 bits per heavy atom. The van der Waals surface area contributed by atoms with Gasteiger partial charge in [0.1, 0.15) is 0 Å². The second-order valence-corrected chi connectivity index (χ2v) is 5.19. The van der Waals surface area contributed by atoms with Crippen molar-refractivity contribution < 1.29 is 0 Å². The third-order valence-electron chi connectivity index (χ3n) is 4.74. The molecule has 1 aliphatic carbocycles. The zero-order chi connectivity index (χ0) is 12.4. The summed E-state index contributed by atoms with van der Waals surface area (Å²) >= 11 is 0. The third kappa shape index (κ3) is 1.81. The molecule has 0 radical (unpaired) electrons. The van der Waals surface area contributed by atoms with E-state index in [0.29, 0.717) is 10.8 Å². The lowest BCUT2D eigenvalue weighted by Gasteiger charge is -2.31. The van der Waals surface area contributed by atoms with Gasteiger partial charge >= 0.3 is 0 Å². The summed E-state index contributed by atoms with van der Waals surface area (Å²) in [4.78, 5) is 0. The first-order valence-corrected chi connectivity index (χ1v) is 7.09.